The highest BCUT2D eigenvalue weighted by molar-refractivity contribution is 7.89. The van der Waals surface area contributed by atoms with Gasteiger partial charge in [-0.2, -0.15) is 17.9 Å². The topological polar surface area (TPSA) is 446 Å². The summed E-state index contributed by atoms with van der Waals surface area (Å²) < 4.78 is 121. The molecule has 12 atom stereocenters. The minimum atomic E-state index is -5.29. The van der Waals surface area contributed by atoms with Crippen molar-refractivity contribution in [2.45, 2.75) is 191 Å². The predicted molar refractivity (Wildman–Crippen MR) is 416 cm³/mol. The molecule has 4 aliphatic rings. The number of rotatable bonds is 34. The second kappa shape index (κ2) is 38.0. The van der Waals surface area contributed by atoms with Crippen LogP contribution in [0.3, 0.4) is 0 Å². The highest BCUT2D eigenvalue weighted by Gasteiger charge is 2.84. The molecule has 640 valence electrons. The van der Waals surface area contributed by atoms with Gasteiger partial charge in [0.05, 0.1) is 46.0 Å². The number of Topliss-reactive ketones (excluding diaryl/α,β-unsaturated/α-hetero) is 1. The molecular formula is C83H92F4N10O22S. The lowest BCUT2D eigenvalue weighted by Gasteiger charge is -2.72. The lowest BCUT2D eigenvalue weighted by atomic mass is 9.38. The number of benzene rings is 4. The molecule has 3 fully saturated rings. The fourth-order valence-corrected chi connectivity index (χ4v) is 16.9. The molecule has 0 radical (unpaired) electrons. The summed E-state index contributed by atoms with van der Waals surface area (Å²) in [6.45, 7) is 10.6. The van der Waals surface area contributed by atoms with E-state index < -0.39 is 200 Å². The zero-order chi connectivity index (χ0) is 87.3. The molecule has 2 aromatic heterocycles. The third kappa shape index (κ3) is 19.7. The van der Waals surface area contributed by atoms with Crippen LogP contribution in [0.2, 0.25) is 0 Å². The number of esters is 5. The zero-order valence-corrected chi connectivity index (χ0v) is 67.5. The van der Waals surface area contributed by atoms with Gasteiger partial charge in [0, 0.05) is 89.1 Å². The number of alkyl halides is 3. The number of amides is 3. The van der Waals surface area contributed by atoms with E-state index in [1.165, 1.54) is 81.9 Å². The molecule has 4 aromatic carbocycles. The van der Waals surface area contributed by atoms with Gasteiger partial charge >= 0.3 is 42.0 Å². The quantitative estimate of drug-likeness (QED) is 0.00287. The van der Waals surface area contributed by atoms with Crippen LogP contribution in [0.1, 0.15) is 166 Å². The molecule has 0 spiro atoms. The van der Waals surface area contributed by atoms with Crippen LogP contribution in [-0.2, 0) is 89.6 Å². The number of oxime groups is 1. The van der Waals surface area contributed by atoms with Gasteiger partial charge in [0.1, 0.15) is 59.9 Å². The van der Waals surface area contributed by atoms with Crippen LogP contribution in [0.25, 0.3) is 0 Å². The second-order valence-electron chi connectivity index (χ2n) is 30.2. The largest absolute Gasteiger partial charge is 0.480 e. The number of pyridine rings is 1. The summed E-state index contributed by atoms with van der Waals surface area (Å²) in [4.78, 5) is 150. The Morgan fingerprint density at radius 1 is 0.825 bits per heavy atom. The number of anilines is 1. The number of ether oxygens (including phenoxy) is 6. The van der Waals surface area contributed by atoms with Crippen molar-refractivity contribution in [2.24, 2.45) is 21.4 Å². The van der Waals surface area contributed by atoms with E-state index in [0.29, 0.717) is 37.7 Å². The molecule has 2 bridgehead atoms. The Kier molecular flexibility index (Phi) is 28.7. The number of sulfonamides is 1. The molecule has 3 amide bonds. The van der Waals surface area contributed by atoms with Gasteiger partial charge in [-0.1, -0.05) is 104 Å². The van der Waals surface area contributed by atoms with E-state index in [1.807, 2.05) is 19.1 Å². The number of halogens is 4. The summed E-state index contributed by atoms with van der Waals surface area (Å²) in [5.41, 5.74) is -12.1. The number of carbonyl (C=O) groups is 10. The Balaban J connectivity index is 0.801. The fourth-order valence-electron chi connectivity index (χ4n) is 15.7. The highest BCUT2D eigenvalue weighted by Crippen LogP contribution is 2.70. The fraction of sp³-hybridized carbons (Fsp3) is 0.446. The summed E-state index contributed by atoms with van der Waals surface area (Å²) in [5.74, 6) is -6.01. The number of aliphatic carboxylic acids is 1. The second-order valence-corrected chi connectivity index (χ2v) is 32.0. The smallest absolute Gasteiger partial charge is 0.419 e. The number of fused-ring (bicyclic) bond motifs is 5. The molecule has 6 aromatic rings. The van der Waals surface area contributed by atoms with Crippen molar-refractivity contribution in [3.05, 3.63) is 184 Å². The number of nitrogens with zero attached hydrogens (tertiary/aromatic N) is 5. The Morgan fingerprint density at radius 2 is 1.51 bits per heavy atom. The third-order valence-corrected chi connectivity index (χ3v) is 23.7. The summed E-state index contributed by atoms with van der Waals surface area (Å²) in [6, 6.07) is 24.1. The Hall–Kier alpha value is -11.9. The average Bonchev–Trinajstić information content (AvgIpc) is 0.669. The number of aliphatic hydroxyl groups excluding tert-OH is 1. The molecule has 0 unspecified atom stereocenters. The van der Waals surface area contributed by atoms with Crippen molar-refractivity contribution < 1.29 is 123 Å². The molecule has 8 N–H and O–H groups in total. The standard InChI is InChI=1S/C83H92F4N10O22S/c1-48-35-39-89-63(42-48)88-37-23-40-97-59(68(94-96-97)73(105)91-46-58(74(106)107)95-120(111,112)55-31-32-57(84)56(43-55)83(85,86)87)30-19-12-20-38-92-114-41-22-21-36-90-64(101)33-34-65(102)117-70(67(52-24-13-9-14-25-52)93-72(104)53-26-15-10-16-27-53)76(109)116-60-45-81(110)77(118-75(108)54-28-17-11-18-29-54)80(8)79(7,61(100)44-62-82(80,47-113-62)119-51(4)99)71(103)69(115-50(3)98)66(49(60)2)78(81,5)6/h9-11,13-18,24-29,31-32,35,38-39,42-43,58,60-62,67,69-70,77,95,100,110H,12,20-23,33-34,36-37,40-41,44-47H2,1-8H3,(H,88,89)(H,90,101)(H,91,105)(H,93,104)(H,106,107)/b92-38+/t58-,60-,61-,62+,67-,69+,70+,77-,79-,80-,81+,82-/m0/s1. The first-order valence-electron chi connectivity index (χ1n) is 38.4. The third-order valence-electron chi connectivity index (χ3n) is 22.2. The van der Waals surface area contributed by atoms with Gasteiger partial charge in [-0.3, -0.25) is 38.4 Å². The molecule has 3 heterocycles. The summed E-state index contributed by atoms with van der Waals surface area (Å²) in [6.07, 6.45) is -13.7. The van der Waals surface area contributed by atoms with E-state index in [4.69, 9.17) is 33.3 Å². The number of ketones is 1. The van der Waals surface area contributed by atoms with E-state index in [2.05, 4.69) is 53.6 Å². The van der Waals surface area contributed by atoms with Crippen molar-refractivity contribution in [1.82, 2.24) is 40.7 Å². The number of aromatic nitrogens is 4. The molecular weight excluding hydrogens is 1600 g/mol. The van der Waals surface area contributed by atoms with Gasteiger partial charge in [-0.25, -0.2) is 32.1 Å². The molecule has 32 nitrogen and oxygen atoms in total. The Labute approximate surface area is 687 Å². The van der Waals surface area contributed by atoms with Gasteiger partial charge in [-0.15, -0.1) is 5.10 Å². The van der Waals surface area contributed by atoms with Crippen LogP contribution in [0.15, 0.2) is 149 Å². The van der Waals surface area contributed by atoms with Crippen LogP contribution < -0.4 is 26.0 Å². The van der Waals surface area contributed by atoms with Crippen LogP contribution in [0, 0.1) is 40.8 Å². The van der Waals surface area contributed by atoms with Crippen LogP contribution in [0.5, 0.6) is 0 Å². The molecule has 3 aliphatic carbocycles. The predicted octanol–water partition coefficient (Wildman–Crippen LogP) is 7.30. The SMILES string of the molecule is CC(=O)O[C@H]1C(=O)[C@]2(C)[C@@H](O)C[C@H]3OC[C@@]3(OC(C)=O)[C@@]2(C)[C@H](OC(=O)c2ccccc2)[C@]2(O)C[C@H](OC(=O)[C@H](OC(=O)CCC(=O)NCCCCO/N=C/CCC#Cc3c(C(=O)NC[C@H](NS(=O)(=O)c4ccc(F)c(C(F)(F)F)c4)C(=O)O)nnn3CCCNc3cc(C)ccn3)[C@@H](NC(=O)c3ccccc3)c3ccccc3)C(C)=C1C2(C)C. The number of carboxylic acids is 1. The summed E-state index contributed by atoms with van der Waals surface area (Å²) in [5, 5.41) is 59.6. The van der Waals surface area contributed by atoms with E-state index in [1.54, 1.807) is 65.5 Å². The van der Waals surface area contributed by atoms with E-state index in [9.17, 15) is 79.7 Å². The first-order chi connectivity index (χ1) is 56.8. The van der Waals surface area contributed by atoms with Crippen molar-refractivity contribution in [3.63, 3.8) is 0 Å². The normalized spacial score (nSPS) is 23.0. The van der Waals surface area contributed by atoms with Gasteiger partial charge in [0.2, 0.25) is 22.0 Å². The number of carboxylic acid groups (broad SMARTS) is 1. The maximum Gasteiger partial charge on any atom is 0.419 e. The van der Waals surface area contributed by atoms with E-state index in [-0.39, 0.29) is 90.3 Å². The van der Waals surface area contributed by atoms with Gasteiger partial charge < -0.3 is 69.8 Å². The number of carbonyl (C=O) groups excluding carboxylic acids is 9. The minimum absolute atomic E-state index is 0.00215. The van der Waals surface area contributed by atoms with Crippen molar-refractivity contribution in [2.75, 3.05) is 38.2 Å². The molecule has 1 aliphatic heterocycles. The number of hydrogen-bond donors (Lipinski definition) is 8. The Bertz CT molecular complexity index is 5090. The molecule has 10 rings (SSSR count). The van der Waals surface area contributed by atoms with Crippen LogP contribution in [-0.4, -0.2) is 196 Å². The highest BCUT2D eigenvalue weighted by atomic mass is 32.2. The number of aliphatic hydroxyl groups is 2. The number of hydrogen-bond acceptors (Lipinski definition) is 26. The summed E-state index contributed by atoms with van der Waals surface area (Å²) >= 11 is 0. The lowest BCUT2D eigenvalue weighted by Crippen LogP contribution is -2.86. The number of nitrogens with one attached hydrogen (secondary N) is 5. The first kappa shape index (κ1) is 90.5. The maximum absolute atomic E-state index is 16.2. The molecule has 2 saturated carbocycles. The minimum Gasteiger partial charge on any atom is -0.480 e. The maximum atomic E-state index is 16.2. The van der Waals surface area contributed by atoms with Crippen molar-refractivity contribution >= 4 is 81.4 Å². The summed E-state index contributed by atoms with van der Waals surface area (Å²) in [7, 11) is -5.04. The monoisotopic (exact) mass is 1690 g/mol. The molecule has 37 heteroatoms. The average molecular weight is 1690 g/mol. The number of aryl methyl sites for hydroxylation is 2. The van der Waals surface area contributed by atoms with Crippen molar-refractivity contribution in [1.29, 1.82) is 0 Å². The zero-order valence-electron chi connectivity index (χ0n) is 66.7. The van der Waals surface area contributed by atoms with Gasteiger partial charge in [0.25, 0.3) is 11.8 Å². The van der Waals surface area contributed by atoms with Crippen molar-refractivity contribution in [3.8, 4) is 11.8 Å². The first-order valence-corrected chi connectivity index (χ1v) is 39.9. The van der Waals surface area contributed by atoms with Gasteiger partial charge in [0.15, 0.2) is 23.2 Å². The Morgan fingerprint density at radius 3 is 2.15 bits per heavy atom. The van der Waals surface area contributed by atoms with Crippen LogP contribution >= 0.6 is 0 Å². The number of unbranched alkanes of at least 4 members (excludes halogenated alkanes) is 2. The van der Waals surface area contributed by atoms with Gasteiger partial charge in [-0.05, 0) is 129 Å². The molecule has 1 saturated heterocycles. The van der Waals surface area contributed by atoms with Crippen LogP contribution in [0.4, 0.5) is 23.4 Å². The molecule has 120 heavy (non-hydrogen) atoms. The lowest BCUT2D eigenvalue weighted by molar-refractivity contribution is -0.380. The van der Waals surface area contributed by atoms with E-state index >= 15 is 9.59 Å². The van der Waals surface area contributed by atoms with E-state index in [0.717, 1.165) is 19.4 Å².